The van der Waals surface area contributed by atoms with Crippen LogP contribution in [-0.4, -0.2) is 12.6 Å². The third-order valence-corrected chi connectivity index (χ3v) is 2.37. The van der Waals surface area contributed by atoms with Crippen molar-refractivity contribution in [1.82, 2.24) is 5.32 Å². The number of nitriles is 1. The molecule has 0 amide bonds. The number of hydrogen-bond donors (Lipinski definition) is 1. The molecule has 11 heavy (non-hydrogen) atoms. The van der Waals surface area contributed by atoms with Gasteiger partial charge in [0.05, 0.1) is 12.1 Å². The third-order valence-electron chi connectivity index (χ3n) is 2.37. The molecule has 0 heterocycles. The van der Waals surface area contributed by atoms with Gasteiger partial charge in [0, 0.05) is 0 Å². The van der Waals surface area contributed by atoms with Gasteiger partial charge in [0.15, 0.2) is 0 Å². The van der Waals surface area contributed by atoms with Gasteiger partial charge in [0.25, 0.3) is 0 Å². The van der Waals surface area contributed by atoms with Gasteiger partial charge in [-0.05, 0) is 38.1 Å². The molecule has 1 rings (SSSR count). The summed E-state index contributed by atoms with van der Waals surface area (Å²) >= 11 is 0. The van der Waals surface area contributed by atoms with Crippen LogP contribution in [0.3, 0.4) is 0 Å². The van der Waals surface area contributed by atoms with E-state index < -0.39 is 0 Å². The summed E-state index contributed by atoms with van der Waals surface area (Å²) in [6.07, 6.45) is 2.79. The normalized spacial score (nSPS) is 22.3. The molecule has 1 fully saturated rings. The van der Waals surface area contributed by atoms with Gasteiger partial charge in [-0.15, -0.1) is 0 Å². The third kappa shape index (κ3) is 2.90. The quantitative estimate of drug-likeness (QED) is 0.663. The lowest BCUT2D eigenvalue weighted by molar-refractivity contribution is 0.451. The Morgan fingerprint density at radius 2 is 2.18 bits per heavy atom. The van der Waals surface area contributed by atoms with E-state index in [4.69, 9.17) is 5.26 Å². The Bertz CT molecular complexity index is 155. The second kappa shape index (κ2) is 3.73. The van der Waals surface area contributed by atoms with Crippen molar-refractivity contribution in [2.75, 3.05) is 6.54 Å². The lowest BCUT2D eigenvalue weighted by Gasteiger charge is -2.11. The van der Waals surface area contributed by atoms with Gasteiger partial charge in [0.2, 0.25) is 0 Å². The Morgan fingerprint density at radius 1 is 1.55 bits per heavy atom. The van der Waals surface area contributed by atoms with E-state index in [0.29, 0.717) is 0 Å². The van der Waals surface area contributed by atoms with E-state index in [1.807, 2.05) is 6.92 Å². The molecule has 0 aromatic carbocycles. The number of hydrogen-bond acceptors (Lipinski definition) is 2. The maximum absolute atomic E-state index is 8.49. The standard InChI is InChI=1S/C9H16N2/c1-7(9-3-4-9)6-11-8(2)5-10/h7-9,11H,3-4,6H2,1-2H3. The lowest BCUT2D eigenvalue weighted by atomic mass is 10.1. The molecule has 2 heteroatoms. The Morgan fingerprint density at radius 3 is 2.64 bits per heavy atom. The minimum atomic E-state index is 0.0104. The summed E-state index contributed by atoms with van der Waals surface area (Å²) < 4.78 is 0. The molecule has 0 aromatic heterocycles. The first-order valence-electron chi connectivity index (χ1n) is 4.37. The van der Waals surface area contributed by atoms with Crippen LogP contribution in [0.5, 0.6) is 0 Å². The predicted molar refractivity (Wildman–Crippen MR) is 45.0 cm³/mol. The van der Waals surface area contributed by atoms with Crippen molar-refractivity contribution in [1.29, 1.82) is 5.26 Å². The highest BCUT2D eigenvalue weighted by Gasteiger charge is 2.27. The van der Waals surface area contributed by atoms with Crippen molar-refractivity contribution in [2.24, 2.45) is 11.8 Å². The lowest BCUT2D eigenvalue weighted by Crippen LogP contribution is -2.29. The van der Waals surface area contributed by atoms with Crippen molar-refractivity contribution < 1.29 is 0 Å². The van der Waals surface area contributed by atoms with Crippen LogP contribution in [-0.2, 0) is 0 Å². The maximum Gasteiger partial charge on any atom is 0.0924 e. The van der Waals surface area contributed by atoms with Gasteiger partial charge in [-0.1, -0.05) is 6.92 Å². The van der Waals surface area contributed by atoms with Crippen LogP contribution >= 0.6 is 0 Å². The molecule has 1 aliphatic carbocycles. The Kier molecular flexibility index (Phi) is 2.90. The molecule has 0 bridgehead atoms. The topological polar surface area (TPSA) is 35.8 Å². The first-order valence-corrected chi connectivity index (χ1v) is 4.37. The van der Waals surface area contributed by atoms with Crippen LogP contribution in [0.2, 0.25) is 0 Å². The number of rotatable bonds is 4. The highest BCUT2D eigenvalue weighted by Crippen LogP contribution is 2.36. The van der Waals surface area contributed by atoms with Gasteiger partial charge in [-0.25, -0.2) is 0 Å². The molecule has 2 atom stereocenters. The first-order chi connectivity index (χ1) is 5.24. The largest absolute Gasteiger partial charge is 0.302 e. The summed E-state index contributed by atoms with van der Waals surface area (Å²) in [5, 5.41) is 11.7. The first kappa shape index (κ1) is 8.55. The number of nitrogens with one attached hydrogen (secondary N) is 1. The summed E-state index contributed by atoms with van der Waals surface area (Å²) in [5.74, 6) is 1.69. The van der Waals surface area contributed by atoms with Crippen LogP contribution in [0.4, 0.5) is 0 Å². The zero-order valence-corrected chi connectivity index (χ0v) is 7.30. The van der Waals surface area contributed by atoms with Gasteiger partial charge in [-0.3, -0.25) is 0 Å². The maximum atomic E-state index is 8.49. The fraction of sp³-hybridized carbons (Fsp3) is 0.889. The molecular weight excluding hydrogens is 136 g/mol. The van der Waals surface area contributed by atoms with E-state index in [2.05, 4.69) is 18.3 Å². The smallest absolute Gasteiger partial charge is 0.0924 e. The molecule has 1 N–H and O–H groups in total. The molecule has 0 aliphatic heterocycles. The van der Waals surface area contributed by atoms with E-state index in [0.717, 1.165) is 18.4 Å². The minimum absolute atomic E-state index is 0.0104. The highest BCUT2D eigenvalue weighted by molar-refractivity contribution is 4.87. The molecule has 0 radical (unpaired) electrons. The van der Waals surface area contributed by atoms with Crippen molar-refractivity contribution in [2.45, 2.75) is 32.7 Å². The van der Waals surface area contributed by atoms with Crippen molar-refractivity contribution >= 4 is 0 Å². The fourth-order valence-corrected chi connectivity index (χ4v) is 1.24. The molecule has 2 unspecified atom stereocenters. The Balaban J connectivity index is 2.06. The minimum Gasteiger partial charge on any atom is -0.302 e. The monoisotopic (exact) mass is 152 g/mol. The van der Waals surface area contributed by atoms with E-state index in [1.165, 1.54) is 12.8 Å². The summed E-state index contributed by atoms with van der Waals surface area (Å²) in [7, 11) is 0. The molecular formula is C9H16N2. The summed E-state index contributed by atoms with van der Waals surface area (Å²) in [6, 6.07) is 2.18. The van der Waals surface area contributed by atoms with Crippen LogP contribution in [0, 0.1) is 23.2 Å². The summed E-state index contributed by atoms with van der Waals surface area (Å²) in [5.41, 5.74) is 0. The fourth-order valence-electron chi connectivity index (χ4n) is 1.24. The molecule has 2 nitrogen and oxygen atoms in total. The Labute approximate surface area is 68.6 Å². The van der Waals surface area contributed by atoms with Crippen LogP contribution in [0.15, 0.2) is 0 Å². The summed E-state index contributed by atoms with van der Waals surface area (Å²) in [6.45, 7) is 5.16. The average Bonchev–Trinajstić information content (AvgIpc) is 2.81. The predicted octanol–water partition coefficient (Wildman–Crippen LogP) is 1.53. The van der Waals surface area contributed by atoms with Gasteiger partial charge in [0.1, 0.15) is 0 Å². The van der Waals surface area contributed by atoms with Crippen molar-refractivity contribution in [3.05, 3.63) is 0 Å². The highest BCUT2D eigenvalue weighted by atomic mass is 14.9. The van der Waals surface area contributed by atoms with Gasteiger partial charge in [-0.2, -0.15) is 5.26 Å². The molecule has 1 saturated carbocycles. The van der Waals surface area contributed by atoms with Crippen LogP contribution in [0.1, 0.15) is 26.7 Å². The van der Waals surface area contributed by atoms with Crippen LogP contribution < -0.4 is 5.32 Å². The SMILES string of the molecule is CC(C#N)NCC(C)C1CC1. The second-order valence-corrected chi connectivity index (χ2v) is 3.57. The number of nitrogens with zero attached hydrogens (tertiary/aromatic N) is 1. The zero-order chi connectivity index (χ0) is 8.27. The van der Waals surface area contributed by atoms with Gasteiger partial charge >= 0.3 is 0 Å². The van der Waals surface area contributed by atoms with E-state index >= 15 is 0 Å². The van der Waals surface area contributed by atoms with Crippen LogP contribution in [0.25, 0.3) is 0 Å². The van der Waals surface area contributed by atoms with Gasteiger partial charge < -0.3 is 5.32 Å². The Hall–Kier alpha value is -0.550. The molecule has 0 saturated heterocycles. The van der Waals surface area contributed by atoms with E-state index in [9.17, 15) is 0 Å². The molecule has 62 valence electrons. The zero-order valence-electron chi connectivity index (χ0n) is 7.30. The van der Waals surface area contributed by atoms with Crippen molar-refractivity contribution in [3.8, 4) is 6.07 Å². The molecule has 1 aliphatic rings. The average molecular weight is 152 g/mol. The second-order valence-electron chi connectivity index (χ2n) is 3.57. The molecule has 0 spiro atoms. The van der Waals surface area contributed by atoms with Crippen molar-refractivity contribution in [3.63, 3.8) is 0 Å². The van der Waals surface area contributed by atoms with E-state index in [1.54, 1.807) is 0 Å². The summed E-state index contributed by atoms with van der Waals surface area (Å²) in [4.78, 5) is 0. The molecule has 0 aromatic rings. The van der Waals surface area contributed by atoms with E-state index in [-0.39, 0.29) is 6.04 Å².